The molecule has 2 aromatic rings. The molecule has 0 amide bonds. The minimum Gasteiger partial charge on any atom is -0.430 e. The fourth-order valence-electron chi connectivity index (χ4n) is 1.93. The van der Waals surface area contributed by atoms with Gasteiger partial charge in [-0.15, -0.1) is 5.10 Å². The Labute approximate surface area is 130 Å². The Morgan fingerprint density at radius 2 is 1.95 bits per heavy atom. The van der Waals surface area contributed by atoms with E-state index in [2.05, 4.69) is 48.4 Å². The average Bonchev–Trinajstić information content (AvgIpc) is 2.88. The van der Waals surface area contributed by atoms with Gasteiger partial charge in [0.1, 0.15) is 10.8 Å². The summed E-state index contributed by atoms with van der Waals surface area (Å²) in [4.78, 5) is 0. The first-order chi connectivity index (χ1) is 10.2. The van der Waals surface area contributed by atoms with Crippen LogP contribution in [-0.2, 0) is 13.0 Å². The summed E-state index contributed by atoms with van der Waals surface area (Å²) in [5, 5.41) is 13.1. The van der Waals surface area contributed by atoms with Crippen LogP contribution in [-0.4, -0.2) is 16.7 Å². The van der Waals surface area contributed by atoms with E-state index in [1.54, 1.807) is 0 Å². The van der Waals surface area contributed by atoms with Gasteiger partial charge in [-0.2, -0.15) is 0 Å². The third-order valence-electron chi connectivity index (χ3n) is 2.94. The Morgan fingerprint density at radius 3 is 2.62 bits per heavy atom. The first kappa shape index (κ1) is 15.9. The Hall–Kier alpha value is -1.46. The van der Waals surface area contributed by atoms with E-state index in [4.69, 9.17) is 4.74 Å². The normalized spacial score (nSPS) is 11.0. The zero-order valence-corrected chi connectivity index (χ0v) is 13.7. The van der Waals surface area contributed by atoms with Crippen molar-refractivity contribution in [3.8, 4) is 10.9 Å². The summed E-state index contributed by atoms with van der Waals surface area (Å²) in [7, 11) is 0. The van der Waals surface area contributed by atoms with Crippen molar-refractivity contribution in [2.24, 2.45) is 5.92 Å². The molecule has 0 radical (unpaired) electrons. The molecule has 114 valence electrons. The van der Waals surface area contributed by atoms with Crippen molar-refractivity contribution < 1.29 is 4.74 Å². The minimum absolute atomic E-state index is 0.597. The van der Waals surface area contributed by atoms with Crippen molar-refractivity contribution in [3.05, 3.63) is 34.8 Å². The van der Waals surface area contributed by atoms with Gasteiger partial charge in [-0.1, -0.05) is 55.8 Å². The van der Waals surface area contributed by atoms with Crippen LogP contribution in [0.5, 0.6) is 10.9 Å². The van der Waals surface area contributed by atoms with Crippen LogP contribution in [0.4, 0.5) is 0 Å². The highest BCUT2D eigenvalue weighted by Gasteiger charge is 2.06. The Balaban J connectivity index is 1.86. The number of nitrogens with one attached hydrogen (secondary N) is 1. The quantitative estimate of drug-likeness (QED) is 0.800. The van der Waals surface area contributed by atoms with Gasteiger partial charge < -0.3 is 10.1 Å². The van der Waals surface area contributed by atoms with E-state index in [-0.39, 0.29) is 0 Å². The SMILES string of the molecule is CCCc1ccc(Oc2nnc(CNCC(C)C)s2)cc1. The van der Waals surface area contributed by atoms with E-state index in [0.29, 0.717) is 11.1 Å². The molecule has 1 aromatic heterocycles. The molecule has 0 bridgehead atoms. The lowest BCUT2D eigenvalue weighted by Crippen LogP contribution is -2.18. The molecule has 0 aliphatic heterocycles. The molecule has 0 unspecified atom stereocenters. The van der Waals surface area contributed by atoms with Gasteiger partial charge in [0.15, 0.2) is 0 Å². The van der Waals surface area contributed by atoms with Crippen LogP contribution < -0.4 is 10.1 Å². The van der Waals surface area contributed by atoms with E-state index in [0.717, 1.165) is 36.7 Å². The molecule has 1 heterocycles. The zero-order chi connectivity index (χ0) is 15.1. The number of nitrogens with zero attached hydrogens (tertiary/aromatic N) is 2. The molecule has 0 aliphatic rings. The second-order valence-electron chi connectivity index (χ2n) is 5.48. The predicted molar refractivity (Wildman–Crippen MR) is 87.0 cm³/mol. The fourth-order valence-corrected chi connectivity index (χ4v) is 2.61. The van der Waals surface area contributed by atoms with E-state index in [1.807, 2.05) is 12.1 Å². The highest BCUT2D eigenvalue weighted by atomic mass is 32.1. The Bertz CT molecular complexity index is 537. The number of hydrogen-bond acceptors (Lipinski definition) is 5. The molecule has 21 heavy (non-hydrogen) atoms. The van der Waals surface area contributed by atoms with Gasteiger partial charge in [0.25, 0.3) is 5.19 Å². The van der Waals surface area contributed by atoms with Crippen LogP contribution in [0, 0.1) is 5.92 Å². The van der Waals surface area contributed by atoms with Crippen LogP contribution in [0.25, 0.3) is 0 Å². The van der Waals surface area contributed by atoms with Crippen molar-refractivity contribution >= 4 is 11.3 Å². The van der Waals surface area contributed by atoms with Gasteiger partial charge in [0, 0.05) is 6.54 Å². The minimum atomic E-state index is 0.597. The molecule has 1 aromatic carbocycles. The van der Waals surface area contributed by atoms with Crippen LogP contribution >= 0.6 is 11.3 Å². The summed E-state index contributed by atoms with van der Waals surface area (Å²) in [5.41, 5.74) is 1.33. The smallest absolute Gasteiger partial charge is 0.299 e. The van der Waals surface area contributed by atoms with Gasteiger partial charge in [0.2, 0.25) is 0 Å². The molecule has 0 aliphatic carbocycles. The molecule has 0 saturated carbocycles. The largest absolute Gasteiger partial charge is 0.430 e. The topological polar surface area (TPSA) is 47.0 Å². The molecule has 1 N–H and O–H groups in total. The predicted octanol–water partition coefficient (Wildman–Crippen LogP) is 4.03. The summed E-state index contributed by atoms with van der Waals surface area (Å²) in [5.74, 6) is 1.45. The van der Waals surface area contributed by atoms with Gasteiger partial charge in [-0.25, -0.2) is 0 Å². The molecular weight excluding hydrogens is 282 g/mol. The molecule has 0 spiro atoms. The molecular formula is C16H23N3OS. The number of ether oxygens (including phenoxy) is 1. The van der Waals surface area contributed by atoms with Crippen LogP contribution in [0.3, 0.4) is 0 Å². The summed E-state index contributed by atoms with van der Waals surface area (Å²) in [6.45, 7) is 8.28. The van der Waals surface area contributed by atoms with E-state index >= 15 is 0 Å². The lowest BCUT2D eigenvalue weighted by Gasteiger charge is -2.04. The first-order valence-corrected chi connectivity index (χ1v) is 8.29. The Kier molecular flexibility index (Phi) is 6.14. The maximum Gasteiger partial charge on any atom is 0.299 e. The molecule has 4 nitrogen and oxygen atoms in total. The van der Waals surface area contributed by atoms with Crippen LogP contribution in [0.15, 0.2) is 24.3 Å². The van der Waals surface area contributed by atoms with Gasteiger partial charge in [0.05, 0.1) is 0 Å². The number of hydrogen-bond donors (Lipinski definition) is 1. The third kappa shape index (κ3) is 5.44. The standard InChI is InChI=1S/C16H23N3OS/c1-4-5-13-6-8-14(9-7-13)20-16-19-18-15(21-16)11-17-10-12(2)3/h6-9,12,17H,4-5,10-11H2,1-3H3. The monoisotopic (exact) mass is 305 g/mol. The number of benzene rings is 1. The maximum absolute atomic E-state index is 5.74. The van der Waals surface area contributed by atoms with Crippen molar-refractivity contribution in [3.63, 3.8) is 0 Å². The Morgan fingerprint density at radius 1 is 1.19 bits per heavy atom. The molecule has 0 atom stereocenters. The fraction of sp³-hybridized carbons (Fsp3) is 0.500. The summed E-state index contributed by atoms with van der Waals surface area (Å²) >= 11 is 1.49. The lowest BCUT2D eigenvalue weighted by molar-refractivity contribution is 0.472. The first-order valence-electron chi connectivity index (χ1n) is 7.47. The average molecular weight is 305 g/mol. The molecule has 0 saturated heterocycles. The van der Waals surface area contributed by atoms with Crippen LogP contribution in [0.2, 0.25) is 0 Å². The van der Waals surface area contributed by atoms with Crippen molar-refractivity contribution in [2.45, 2.75) is 40.2 Å². The third-order valence-corrected chi connectivity index (χ3v) is 3.75. The summed E-state index contributed by atoms with van der Waals surface area (Å²) < 4.78 is 5.74. The lowest BCUT2D eigenvalue weighted by atomic mass is 10.1. The highest BCUT2D eigenvalue weighted by Crippen LogP contribution is 2.25. The summed E-state index contributed by atoms with van der Waals surface area (Å²) in [6.07, 6.45) is 2.26. The van der Waals surface area contributed by atoms with E-state index < -0.39 is 0 Å². The van der Waals surface area contributed by atoms with Crippen LogP contribution in [0.1, 0.15) is 37.8 Å². The van der Waals surface area contributed by atoms with Crippen molar-refractivity contribution in [2.75, 3.05) is 6.54 Å². The second-order valence-corrected chi connectivity index (χ2v) is 6.51. The molecule has 0 fully saturated rings. The van der Waals surface area contributed by atoms with Crippen molar-refractivity contribution in [1.82, 2.24) is 15.5 Å². The number of aromatic nitrogens is 2. The van der Waals surface area contributed by atoms with Gasteiger partial charge in [-0.05, 0) is 36.6 Å². The zero-order valence-electron chi connectivity index (χ0n) is 12.9. The van der Waals surface area contributed by atoms with Gasteiger partial charge >= 0.3 is 0 Å². The maximum atomic E-state index is 5.74. The van der Waals surface area contributed by atoms with E-state index in [9.17, 15) is 0 Å². The van der Waals surface area contributed by atoms with E-state index in [1.165, 1.54) is 16.9 Å². The van der Waals surface area contributed by atoms with Crippen molar-refractivity contribution in [1.29, 1.82) is 0 Å². The summed E-state index contributed by atoms with van der Waals surface area (Å²) in [6, 6.07) is 8.18. The number of aryl methyl sites for hydroxylation is 1. The number of rotatable bonds is 8. The van der Waals surface area contributed by atoms with Gasteiger partial charge in [-0.3, -0.25) is 0 Å². The molecule has 2 rings (SSSR count). The highest BCUT2D eigenvalue weighted by molar-refractivity contribution is 7.13. The second kappa shape index (κ2) is 8.10. The molecule has 5 heteroatoms.